The van der Waals surface area contributed by atoms with Gasteiger partial charge in [0.2, 0.25) is 0 Å². The van der Waals surface area contributed by atoms with Gasteiger partial charge in [0.1, 0.15) is 11.9 Å². The van der Waals surface area contributed by atoms with Gasteiger partial charge in [-0.05, 0) is 30.3 Å². The van der Waals surface area contributed by atoms with Crippen molar-refractivity contribution in [2.45, 2.75) is 12.7 Å². The van der Waals surface area contributed by atoms with Gasteiger partial charge in [-0.1, -0.05) is 41.9 Å². The maximum absolute atomic E-state index is 12.8. The highest BCUT2D eigenvalue weighted by Gasteiger charge is 2.37. The van der Waals surface area contributed by atoms with Crippen LogP contribution in [0.3, 0.4) is 0 Å². The summed E-state index contributed by atoms with van der Waals surface area (Å²) in [6.45, 7) is 0.392. The largest absolute Gasteiger partial charge is 0.467 e. The number of nitrogens with zero attached hydrogens (tertiary/aromatic N) is 1. The molecule has 0 bridgehead atoms. The van der Waals surface area contributed by atoms with Crippen molar-refractivity contribution >= 4 is 23.2 Å². The molecule has 24 heavy (non-hydrogen) atoms. The van der Waals surface area contributed by atoms with Crippen LogP contribution in [0.5, 0.6) is 0 Å². The quantitative estimate of drug-likeness (QED) is 0.750. The van der Waals surface area contributed by atoms with Gasteiger partial charge in [0.15, 0.2) is 0 Å². The Labute approximate surface area is 144 Å². The topological polar surface area (TPSA) is 45.5 Å². The van der Waals surface area contributed by atoms with Crippen molar-refractivity contribution in [3.8, 4) is 0 Å². The number of carbonyl (C=O) groups excluding carboxylic acids is 1. The third kappa shape index (κ3) is 2.55. The zero-order valence-electron chi connectivity index (χ0n) is 12.8. The minimum Gasteiger partial charge on any atom is -0.467 e. The lowest BCUT2D eigenvalue weighted by molar-refractivity contribution is 0.0715. The van der Waals surface area contributed by atoms with Crippen molar-refractivity contribution in [3.63, 3.8) is 0 Å². The van der Waals surface area contributed by atoms with E-state index >= 15 is 0 Å². The number of fused-ring (bicyclic) bond motifs is 1. The van der Waals surface area contributed by atoms with Crippen LogP contribution in [0, 0.1) is 0 Å². The number of nitrogens with one attached hydrogen (secondary N) is 1. The Kier molecular flexibility index (Phi) is 3.75. The summed E-state index contributed by atoms with van der Waals surface area (Å²) in [5.41, 5.74) is 2.43. The van der Waals surface area contributed by atoms with E-state index < -0.39 is 0 Å². The maximum atomic E-state index is 12.8. The maximum Gasteiger partial charge on any atom is 0.256 e. The zero-order chi connectivity index (χ0) is 16.5. The van der Waals surface area contributed by atoms with E-state index in [2.05, 4.69) is 5.32 Å². The molecule has 2 aromatic carbocycles. The fourth-order valence-electron chi connectivity index (χ4n) is 2.98. The van der Waals surface area contributed by atoms with Crippen LogP contribution in [0.25, 0.3) is 0 Å². The molecule has 2 heterocycles. The third-order valence-electron chi connectivity index (χ3n) is 4.13. The molecule has 0 spiro atoms. The average molecular weight is 339 g/mol. The van der Waals surface area contributed by atoms with Crippen molar-refractivity contribution < 1.29 is 9.21 Å². The van der Waals surface area contributed by atoms with Crippen molar-refractivity contribution in [2.24, 2.45) is 0 Å². The van der Waals surface area contributed by atoms with Gasteiger partial charge in [-0.2, -0.15) is 0 Å². The fraction of sp³-hybridized carbons (Fsp3) is 0.105. The first kappa shape index (κ1) is 14.8. The highest BCUT2D eigenvalue weighted by atomic mass is 35.5. The van der Waals surface area contributed by atoms with Crippen molar-refractivity contribution in [1.29, 1.82) is 0 Å². The van der Waals surface area contributed by atoms with Crippen LogP contribution in [-0.4, -0.2) is 10.8 Å². The number of carbonyl (C=O) groups is 1. The van der Waals surface area contributed by atoms with Crippen molar-refractivity contribution in [3.05, 3.63) is 88.8 Å². The molecule has 1 aliphatic rings. The minimum absolute atomic E-state index is 0.0217. The Morgan fingerprint density at radius 3 is 2.62 bits per heavy atom. The summed E-state index contributed by atoms with van der Waals surface area (Å²) < 4.78 is 5.42. The summed E-state index contributed by atoms with van der Waals surface area (Å²) in [5.74, 6) is 0.716. The molecule has 120 valence electrons. The lowest BCUT2D eigenvalue weighted by Gasteiger charge is -2.26. The number of hydrogen-bond acceptors (Lipinski definition) is 3. The fourth-order valence-corrected chi connectivity index (χ4v) is 3.18. The number of para-hydroxylation sites is 1. The molecule has 0 aliphatic carbocycles. The molecule has 5 heteroatoms. The number of halogens is 1. The SMILES string of the molecule is O=C1c2ccccc2C(Nc2ccccc2Cl)N1Cc1ccco1. The summed E-state index contributed by atoms with van der Waals surface area (Å²) in [6.07, 6.45) is 1.32. The average Bonchev–Trinajstić information content (AvgIpc) is 3.20. The standard InChI is InChI=1S/C19H15ClN2O2/c20-16-9-3-4-10-17(16)21-18-14-7-1-2-8-15(14)19(23)22(18)12-13-6-5-11-24-13/h1-11,18,21H,12H2. The Hall–Kier alpha value is -2.72. The van der Waals surface area contributed by atoms with Gasteiger partial charge in [-0.25, -0.2) is 0 Å². The molecular weight excluding hydrogens is 324 g/mol. The van der Waals surface area contributed by atoms with Crippen molar-refractivity contribution in [2.75, 3.05) is 5.32 Å². The van der Waals surface area contributed by atoms with E-state index in [1.807, 2.05) is 60.7 Å². The van der Waals surface area contributed by atoms with E-state index in [-0.39, 0.29) is 12.1 Å². The molecular formula is C19H15ClN2O2. The molecule has 0 saturated carbocycles. The molecule has 0 saturated heterocycles. The molecule has 0 radical (unpaired) electrons. The van der Waals surface area contributed by atoms with Gasteiger partial charge in [-0.3, -0.25) is 4.79 Å². The smallest absolute Gasteiger partial charge is 0.256 e. The second-order valence-electron chi connectivity index (χ2n) is 5.63. The summed E-state index contributed by atoms with van der Waals surface area (Å²) in [4.78, 5) is 14.6. The summed E-state index contributed by atoms with van der Waals surface area (Å²) in [6, 6.07) is 18.8. The van der Waals surface area contributed by atoms with Crippen LogP contribution in [0.4, 0.5) is 5.69 Å². The van der Waals surface area contributed by atoms with Gasteiger partial charge < -0.3 is 14.6 Å². The van der Waals surface area contributed by atoms with Gasteiger partial charge in [-0.15, -0.1) is 0 Å². The van der Waals surface area contributed by atoms with Crippen LogP contribution in [0.15, 0.2) is 71.3 Å². The van der Waals surface area contributed by atoms with Gasteiger partial charge in [0.05, 0.1) is 23.5 Å². The minimum atomic E-state index is -0.293. The monoisotopic (exact) mass is 338 g/mol. The van der Waals surface area contributed by atoms with E-state index in [9.17, 15) is 4.79 Å². The first-order chi connectivity index (χ1) is 11.7. The number of amides is 1. The summed E-state index contributed by atoms with van der Waals surface area (Å²) >= 11 is 6.27. The highest BCUT2D eigenvalue weighted by Crippen LogP contribution is 2.36. The van der Waals surface area contributed by atoms with E-state index in [1.165, 1.54) is 0 Å². The third-order valence-corrected chi connectivity index (χ3v) is 4.46. The van der Waals surface area contributed by atoms with E-state index in [4.69, 9.17) is 16.0 Å². The molecule has 1 N–H and O–H groups in total. The lowest BCUT2D eigenvalue weighted by Crippen LogP contribution is -2.31. The number of furan rings is 1. The Morgan fingerprint density at radius 1 is 1.04 bits per heavy atom. The first-order valence-electron chi connectivity index (χ1n) is 7.67. The predicted octanol–water partition coefficient (Wildman–Crippen LogP) is 4.70. The molecule has 1 aromatic heterocycles. The molecule has 3 aromatic rings. The van der Waals surface area contributed by atoms with Crippen LogP contribution in [0.2, 0.25) is 5.02 Å². The summed E-state index contributed by atoms with van der Waals surface area (Å²) in [5, 5.41) is 4.01. The van der Waals surface area contributed by atoms with Crippen LogP contribution < -0.4 is 5.32 Å². The zero-order valence-corrected chi connectivity index (χ0v) is 13.5. The van der Waals surface area contributed by atoms with Gasteiger partial charge in [0.25, 0.3) is 5.91 Å². The van der Waals surface area contributed by atoms with Crippen LogP contribution >= 0.6 is 11.6 Å². The molecule has 4 rings (SSSR count). The van der Waals surface area contributed by atoms with E-state index in [1.54, 1.807) is 11.2 Å². The normalized spacial score (nSPS) is 16.3. The number of rotatable bonds is 4. The molecule has 1 amide bonds. The Balaban J connectivity index is 1.72. The lowest BCUT2D eigenvalue weighted by atomic mass is 10.1. The van der Waals surface area contributed by atoms with Gasteiger partial charge >= 0.3 is 0 Å². The van der Waals surface area contributed by atoms with Crippen LogP contribution in [-0.2, 0) is 6.54 Å². The second kappa shape index (κ2) is 6.06. The van der Waals surface area contributed by atoms with Crippen LogP contribution in [0.1, 0.15) is 27.8 Å². The Bertz CT molecular complexity index is 877. The molecule has 1 unspecified atom stereocenters. The van der Waals surface area contributed by atoms with Gasteiger partial charge in [0, 0.05) is 11.1 Å². The van der Waals surface area contributed by atoms with E-state index in [0.29, 0.717) is 17.1 Å². The Morgan fingerprint density at radius 2 is 1.83 bits per heavy atom. The van der Waals surface area contributed by atoms with Crippen molar-refractivity contribution in [1.82, 2.24) is 4.90 Å². The second-order valence-corrected chi connectivity index (χ2v) is 6.03. The van der Waals surface area contributed by atoms with E-state index in [0.717, 1.165) is 17.0 Å². The number of benzene rings is 2. The predicted molar refractivity (Wildman–Crippen MR) is 92.8 cm³/mol. The molecule has 0 fully saturated rings. The number of anilines is 1. The summed E-state index contributed by atoms with van der Waals surface area (Å²) in [7, 11) is 0. The first-order valence-corrected chi connectivity index (χ1v) is 8.05. The molecule has 1 atom stereocenters. The molecule has 1 aliphatic heterocycles. The molecule has 4 nitrogen and oxygen atoms in total. The number of hydrogen-bond donors (Lipinski definition) is 1. The highest BCUT2D eigenvalue weighted by molar-refractivity contribution is 6.33.